The summed E-state index contributed by atoms with van der Waals surface area (Å²) in [7, 11) is 0. The molecule has 2 rings (SSSR count). The van der Waals surface area contributed by atoms with E-state index in [9.17, 15) is 9.90 Å². The molecule has 1 heterocycles. The number of hydrogen-bond acceptors (Lipinski definition) is 2. The molecule has 0 spiro atoms. The van der Waals surface area contributed by atoms with Gasteiger partial charge < -0.3 is 9.52 Å². The van der Waals surface area contributed by atoms with Crippen molar-refractivity contribution in [3.63, 3.8) is 0 Å². The maximum absolute atomic E-state index is 11.3. The minimum absolute atomic E-state index is 0.193. The molecule has 3 heteroatoms. The van der Waals surface area contributed by atoms with Gasteiger partial charge in [-0.3, -0.25) is 4.79 Å². The molecule has 14 heavy (non-hydrogen) atoms. The third-order valence-electron chi connectivity index (χ3n) is 3.35. The van der Waals surface area contributed by atoms with E-state index >= 15 is 0 Å². The van der Waals surface area contributed by atoms with Crippen LogP contribution in [0.5, 0.6) is 0 Å². The minimum atomic E-state index is -0.791. The maximum atomic E-state index is 11.3. The zero-order valence-corrected chi connectivity index (χ0v) is 8.63. The van der Waals surface area contributed by atoms with Gasteiger partial charge in [0.15, 0.2) is 0 Å². The van der Waals surface area contributed by atoms with Crippen molar-refractivity contribution in [3.05, 3.63) is 23.7 Å². The number of rotatable bonds is 2. The number of hydrogen-bond donors (Lipinski definition) is 1. The van der Waals surface area contributed by atoms with Crippen LogP contribution in [0.15, 0.2) is 16.7 Å². The molecule has 0 saturated heterocycles. The molecule has 0 bridgehead atoms. The molecule has 1 saturated carbocycles. The van der Waals surface area contributed by atoms with E-state index in [-0.39, 0.29) is 5.41 Å². The molecule has 1 N–H and O–H groups in total. The van der Waals surface area contributed by atoms with Crippen LogP contribution in [0, 0.1) is 12.3 Å². The van der Waals surface area contributed by atoms with Crippen LogP contribution in [0.2, 0.25) is 0 Å². The van der Waals surface area contributed by atoms with Gasteiger partial charge in [-0.2, -0.15) is 0 Å². The van der Waals surface area contributed by atoms with Crippen molar-refractivity contribution in [1.82, 2.24) is 0 Å². The Bertz CT molecular complexity index is 389. The first-order valence-corrected chi connectivity index (χ1v) is 4.70. The Labute approximate surface area is 82.7 Å². The van der Waals surface area contributed by atoms with Gasteiger partial charge in [0.25, 0.3) is 0 Å². The number of carboxylic acid groups (broad SMARTS) is 1. The Hall–Kier alpha value is -1.25. The highest BCUT2D eigenvalue weighted by molar-refractivity contribution is 5.86. The van der Waals surface area contributed by atoms with E-state index in [1.165, 1.54) is 0 Å². The van der Waals surface area contributed by atoms with Gasteiger partial charge >= 0.3 is 5.97 Å². The maximum Gasteiger partial charge on any atom is 0.317 e. The predicted octanol–water partition coefficient (Wildman–Crippen LogP) is 2.34. The monoisotopic (exact) mass is 194 g/mol. The Kier molecular flexibility index (Phi) is 1.60. The molecule has 1 aliphatic carbocycles. The second kappa shape index (κ2) is 2.41. The molecular formula is C11H14O3. The van der Waals surface area contributed by atoms with E-state index in [1.54, 1.807) is 6.26 Å². The number of furan rings is 1. The van der Waals surface area contributed by atoms with Crippen molar-refractivity contribution in [3.8, 4) is 0 Å². The third-order valence-corrected chi connectivity index (χ3v) is 3.35. The van der Waals surface area contributed by atoms with Crippen molar-refractivity contribution >= 4 is 5.97 Å². The molecule has 1 unspecified atom stereocenters. The summed E-state index contributed by atoms with van der Waals surface area (Å²) in [4.78, 5) is 11.3. The zero-order chi connectivity index (χ0) is 10.6. The lowest BCUT2D eigenvalue weighted by Gasteiger charge is -2.13. The molecule has 0 radical (unpaired) electrons. The van der Waals surface area contributed by atoms with Crippen LogP contribution in [0.4, 0.5) is 0 Å². The minimum Gasteiger partial charge on any atom is -0.480 e. The average molecular weight is 194 g/mol. The fourth-order valence-electron chi connectivity index (χ4n) is 2.28. The summed E-state index contributed by atoms with van der Waals surface area (Å²) < 4.78 is 5.31. The zero-order valence-electron chi connectivity index (χ0n) is 8.63. The highest BCUT2D eigenvalue weighted by Crippen LogP contribution is 2.65. The fourth-order valence-corrected chi connectivity index (χ4v) is 2.28. The smallest absolute Gasteiger partial charge is 0.317 e. The van der Waals surface area contributed by atoms with Gasteiger partial charge in [0.1, 0.15) is 11.2 Å². The first kappa shape index (κ1) is 9.31. The number of aliphatic carboxylic acids is 1. The summed E-state index contributed by atoms with van der Waals surface area (Å²) in [5.74, 6) is -0.157. The van der Waals surface area contributed by atoms with E-state index in [0.29, 0.717) is 12.2 Å². The first-order valence-electron chi connectivity index (χ1n) is 4.70. The normalized spacial score (nSPS) is 28.8. The Morgan fingerprint density at radius 1 is 1.57 bits per heavy atom. The molecule has 1 atom stereocenters. The summed E-state index contributed by atoms with van der Waals surface area (Å²) in [5.41, 5.74) is -0.0554. The molecule has 1 fully saturated rings. The Balaban J connectivity index is 2.52. The van der Waals surface area contributed by atoms with E-state index in [2.05, 4.69) is 0 Å². The molecule has 0 aliphatic heterocycles. The van der Waals surface area contributed by atoms with Gasteiger partial charge in [0.2, 0.25) is 0 Å². The quantitative estimate of drug-likeness (QED) is 0.786. The molecule has 76 valence electrons. The van der Waals surface area contributed by atoms with Crippen molar-refractivity contribution in [2.24, 2.45) is 5.41 Å². The number of aryl methyl sites for hydroxylation is 1. The predicted molar refractivity (Wildman–Crippen MR) is 51.2 cm³/mol. The fraction of sp³-hybridized carbons (Fsp3) is 0.545. The van der Waals surface area contributed by atoms with Crippen molar-refractivity contribution < 1.29 is 14.3 Å². The Morgan fingerprint density at radius 3 is 2.43 bits per heavy atom. The second-order valence-electron chi connectivity index (χ2n) is 4.70. The van der Waals surface area contributed by atoms with Crippen LogP contribution in [0.3, 0.4) is 0 Å². The van der Waals surface area contributed by atoms with Crippen LogP contribution < -0.4 is 0 Å². The largest absolute Gasteiger partial charge is 0.480 e. The van der Waals surface area contributed by atoms with Gasteiger partial charge in [-0.05, 0) is 30.4 Å². The van der Waals surface area contributed by atoms with E-state index < -0.39 is 11.4 Å². The molecule has 3 nitrogen and oxygen atoms in total. The van der Waals surface area contributed by atoms with Gasteiger partial charge in [-0.25, -0.2) is 0 Å². The topological polar surface area (TPSA) is 50.4 Å². The highest BCUT2D eigenvalue weighted by atomic mass is 16.4. The van der Waals surface area contributed by atoms with Gasteiger partial charge in [-0.1, -0.05) is 13.8 Å². The molecule has 0 aromatic carbocycles. The molecular weight excluding hydrogens is 180 g/mol. The third kappa shape index (κ3) is 0.897. The number of carbonyl (C=O) groups is 1. The van der Waals surface area contributed by atoms with E-state index in [1.807, 2.05) is 26.8 Å². The summed E-state index contributed by atoms with van der Waals surface area (Å²) in [5, 5.41) is 9.28. The van der Waals surface area contributed by atoms with Crippen LogP contribution in [-0.4, -0.2) is 11.1 Å². The summed E-state index contributed by atoms with van der Waals surface area (Å²) >= 11 is 0. The lowest BCUT2D eigenvalue weighted by Crippen LogP contribution is -2.25. The molecule has 1 aromatic rings. The lowest BCUT2D eigenvalue weighted by molar-refractivity contribution is -0.141. The molecule has 1 aliphatic rings. The summed E-state index contributed by atoms with van der Waals surface area (Å²) in [6.07, 6.45) is 2.22. The summed E-state index contributed by atoms with van der Waals surface area (Å²) in [6.45, 7) is 5.81. The number of carboxylic acids is 1. The van der Waals surface area contributed by atoms with Gasteiger partial charge in [-0.15, -0.1) is 0 Å². The van der Waals surface area contributed by atoms with Gasteiger partial charge in [0.05, 0.1) is 6.26 Å². The van der Waals surface area contributed by atoms with Crippen LogP contribution >= 0.6 is 0 Å². The SMILES string of the molecule is Cc1ccoc1C1(C(=O)O)CC1(C)C. The first-order chi connectivity index (χ1) is 6.42. The van der Waals surface area contributed by atoms with Crippen molar-refractivity contribution in [2.45, 2.75) is 32.6 Å². The van der Waals surface area contributed by atoms with Gasteiger partial charge in [0, 0.05) is 0 Å². The van der Waals surface area contributed by atoms with Crippen molar-refractivity contribution in [1.29, 1.82) is 0 Å². The Morgan fingerprint density at radius 2 is 2.14 bits per heavy atom. The van der Waals surface area contributed by atoms with E-state index in [4.69, 9.17) is 4.42 Å². The molecule has 1 aromatic heterocycles. The van der Waals surface area contributed by atoms with Crippen LogP contribution in [0.1, 0.15) is 31.6 Å². The van der Waals surface area contributed by atoms with Crippen LogP contribution in [0.25, 0.3) is 0 Å². The molecule has 0 amide bonds. The highest BCUT2D eigenvalue weighted by Gasteiger charge is 2.70. The summed E-state index contributed by atoms with van der Waals surface area (Å²) in [6, 6.07) is 1.81. The standard InChI is InChI=1S/C11H14O3/c1-7-4-5-14-8(7)11(9(12)13)6-10(11,2)3/h4-5H,6H2,1-3H3,(H,12,13). The second-order valence-corrected chi connectivity index (χ2v) is 4.70. The van der Waals surface area contributed by atoms with Crippen LogP contribution in [-0.2, 0) is 10.2 Å². The van der Waals surface area contributed by atoms with Crippen molar-refractivity contribution in [2.75, 3.05) is 0 Å². The average Bonchev–Trinajstić information content (AvgIpc) is 2.44. The lowest BCUT2D eigenvalue weighted by atomic mass is 9.91. The van der Waals surface area contributed by atoms with E-state index in [0.717, 1.165) is 5.56 Å².